The summed E-state index contributed by atoms with van der Waals surface area (Å²) in [6.45, 7) is 0. The fourth-order valence-corrected chi connectivity index (χ4v) is 2.42. The fourth-order valence-electron chi connectivity index (χ4n) is 2.42. The van der Waals surface area contributed by atoms with Gasteiger partial charge < -0.3 is 9.47 Å². The minimum atomic E-state index is -0.571. The third-order valence-corrected chi connectivity index (χ3v) is 3.97. The molecule has 28 heavy (non-hydrogen) atoms. The average molecular weight is 376 g/mol. The van der Waals surface area contributed by atoms with E-state index in [1.807, 2.05) is 0 Å². The van der Waals surface area contributed by atoms with Gasteiger partial charge in [-0.1, -0.05) is 18.2 Å². The number of hydrogen-bond donors (Lipinski definition) is 0. The van der Waals surface area contributed by atoms with E-state index in [-0.39, 0.29) is 11.3 Å². The maximum absolute atomic E-state index is 12.9. The van der Waals surface area contributed by atoms with E-state index in [9.17, 15) is 14.0 Å². The number of rotatable bonds is 6. The molecule has 5 heteroatoms. The molecule has 0 aliphatic rings. The van der Waals surface area contributed by atoms with Gasteiger partial charge in [-0.2, -0.15) is 0 Å². The van der Waals surface area contributed by atoms with E-state index in [2.05, 4.69) is 0 Å². The second-order valence-electron chi connectivity index (χ2n) is 5.89. The molecule has 3 rings (SSSR count). The molecule has 0 aliphatic carbocycles. The molecular weight excluding hydrogens is 359 g/mol. The van der Waals surface area contributed by atoms with E-state index in [4.69, 9.17) is 9.47 Å². The summed E-state index contributed by atoms with van der Waals surface area (Å²) >= 11 is 0. The molecule has 0 saturated heterocycles. The molecule has 3 aromatic carbocycles. The van der Waals surface area contributed by atoms with Crippen LogP contribution in [0.5, 0.6) is 11.5 Å². The third kappa shape index (κ3) is 4.92. The van der Waals surface area contributed by atoms with Crippen LogP contribution in [-0.2, 0) is 0 Å². The minimum absolute atomic E-state index is 0.130. The number of halogens is 1. The molecular formula is C23H17FO4. The van der Waals surface area contributed by atoms with Gasteiger partial charge in [0.05, 0.1) is 12.7 Å². The molecule has 4 nitrogen and oxygen atoms in total. The van der Waals surface area contributed by atoms with Gasteiger partial charge in [-0.3, -0.25) is 4.79 Å². The van der Waals surface area contributed by atoms with Crippen LogP contribution in [0.25, 0.3) is 6.08 Å². The van der Waals surface area contributed by atoms with Crippen LogP contribution in [0.2, 0.25) is 0 Å². The van der Waals surface area contributed by atoms with Gasteiger partial charge in [-0.05, 0) is 72.3 Å². The summed E-state index contributed by atoms with van der Waals surface area (Å²) in [5.74, 6) is -0.0800. The Morgan fingerprint density at radius 1 is 0.786 bits per heavy atom. The summed E-state index contributed by atoms with van der Waals surface area (Å²) < 4.78 is 23.2. The van der Waals surface area contributed by atoms with Crippen LogP contribution in [0.3, 0.4) is 0 Å². The van der Waals surface area contributed by atoms with Crippen molar-refractivity contribution in [2.45, 2.75) is 0 Å². The summed E-state index contributed by atoms with van der Waals surface area (Å²) in [5.41, 5.74) is 1.60. The van der Waals surface area contributed by atoms with E-state index < -0.39 is 11.8 Å². The number of hydrogen-bond acceptors (Lipinski definition) is 4. The highest BCUT2D eigenvalue weighted by molar-refractivity contribution is 6.06. The summed E-state index contributed by atoms with van der Waals surface area (Å²) in [6.07, 6.45) is 3.15. The van der Waals surface area contributed by atoms with Crippen molar-refractivity contribution in [1.82, 2.24) is 0 Å². The predicted molar refractivity (Wildman–Crippen MR) is 104 cm³/mol. The van der Waals surface area contributed by atoms with Crippen molar-refractivity contribution in [3.63, 3.8) is 0 Å². The van der Waals surface area contributed by atoms with Crippen molar-refractivity contribution in [3.8, 4) is 11.5 Å². The third-order valence-electron chi connectivity index (χ3n) is 3.97. The van der Waals surface area contributed by atoms with E-state index in [0.29, 0.717) is 17.1 Å². The van der Waals surface area contributed by atoms with Crippen molar-refractivity contribution >= 4 is 17.8 Å². The van der Waals surface area contributed by atoms with E-state index in [1.54, 1.807) is 61.7 Å². The maximum Gasteiger partial charge on any atom is 0.343 e. The van der Waals surface area contributed by atoms with Crippen LogP contribution in [0, 0.1) is 5.82 Å². The Morgan fingerprint density at radius 3 is 1.96 bits per heavy atom. The number of carbonyl (C=O) groups is 2. The first-order valence-corrected chi connectivity index (χ1v) is 8.49. The zero-order valence-corrected chi connectivity index (χ0v) is 15.1. The summed E-state index contributed by atoms with van der Waals surface area (Å²) in [6, 6.07) is 18.7. The quantitative estimate of drug-likeness (QED) is 0.264. The molecule has 140 valence electrons. The number of ketones is 1. The van der Waals surface area contributed by atoms with Crippen molar-refractivity contribution in [2.75, 3.05) is 7.11 Å². The lowest BCUT2D eigenvalue weighted by Crippen LogP contribution is -2.08. The highest BCUT2D eigenvalue weighted by Crippen LogP contribution is 2.16. The Morgan fingerprint density at radius 2 is 1.36 bits per heavy atom. The fraction of sp³-hybridized carbons (Fsp3) is 0.0435. The topological polar surface area (TPSA) is 52.6 Å². The summed E-state index contributed by atoms with van der Waals surface area (Å²) in [4.78, 5) is 24.2. The Bertz CT molecular complexity index is 988. The second-order valence-corrected chi connectivity index (χ2v) is 5.89. The molecule has 0 radical (unpaired) electrons. The zero-order chi connectivity index (χ0) is 19.9. The molecule has 0 saturated carbocycles. The first-order chi connectivity index (χ1) is 13.5. The van der Waals surface area contributed by atoms with Gasteiger partial charge in [0.1, 0.15) is 17.3 Å². The van der Waals surface area contributed by atoms with Crippen LogP contribution in [0.1, 0.15) is 26.3 Å². The Hall–Kier alpha value is -3.73. The lowest BCUT2D eigenvalue weighted by atomic mass is 10.1. The minimum Gasteiger partial charge on any atom is -0.497 e. The SMILES string of the molecule is COc1ccc(C(=O)C=Cc2ccc(OC(=O)c3ccc(F)cc3)cc2)cc1. The molecule has 0 fully saturated rings. The summed E-state index contributed by atoms with van der Waals surface area (Å²) in [7, 11) is 1.57. The Labute approximate surface area is 161 Å². The predicted octanol–water partition coefficient (Wildman–Crippen LogP) is 4.95. The molecule has 0 spiro atoms. The van der Waals surface area contributed by atoms with Gasteiger partial charge in [-0.15, -0.1) is 0 Å². The Kier molecular flexibility index (Phi) is 5.97. The molecule has 0 aromatic heterocycles. The van der Waals surface area contributed by atoms with Crippen LogP contribution < -0.4 is 9.47 Å². The first-order valence-electron chi connectivity index (χ1n) is 8.49. The van der Waals surface area contributed by atoms with Crippen LogP contribution in [0.15, 0.2) is 78.9 Å². The molecule has 0 unspecified atom stereocenters. The molecule has 3 aromatic rings. The Balaban J connectivity index is 1.61. The van der Waals surface area contributed by atoms with Gasteiger partial charge in [0, 0.05) is 5.56 Å². The number of carbonyl (C=O) groups excluding carboxylic acids is 2. The normalized spacial score (nSPS) is 10.6. The number of ether oxygens (including phenoxy) is 2. The van der Waals surface area contributed by atoms with Gasteiger partial charge in [0.15, 0.2) is 5.78 Å². The molecule has 0 heterocycles. The largest absolute Gasteiger partial charge is 0.497 e. The van der Waals surface area contributed by atoms with Gasteiger partial charge in [0.2, 0.25) is 0 Å². The molecule has 0 amide bonds. The number of methoxy groups -OCH3 is 1. The second kappa shape index (κ2) is 8.77. The average Bonchev–Trinajstić information content (AvgIpc) is 2.73. The van der Waals surface area contributed by atoms with Crippen molar-refractivity contribution in [1.29, 1.82) is 0 Å². The monoisotopic (exact) mass is 376 g/mol. The smallest absolute Gasteiger partial charge is 0.343 e. The number of benzene rings is 3. The highest BCUT2D eigenvalue weighted by Gasteiger charge is 2.08. The lowest BCUT2D eigenvalue weighted by molar-refractivity contribution is 0.0734. The first kappa shape index (κ1) is 19.0. The van der Waals surface area contributed by atoms with Gasteiger partial charge >= 0.3 is 5.97 Å². The van der Waals surface area contributed by atoms with Gasteiger partial charge in [-0.25, -0.2) is 9.18 Å². The van der Waals surface area contributed by atoms with Crippen LogP contribution >= 0.6 is 0 Å². The van der Waals surface area contributed by atoms with Crippen molar-refractivity contribution in [3.05, 3.63) is 101 Å². The molecule has 0 atom stereocenters. The highest BCUT2D eigenvalue weighted by atomic mass is 19.1. The van der Waals surface area contributed by atoms with Gasteiger partial charge in [0.25, 0.3) is 0 Å². The lowest BCUT2D eigenvalue weighted by Gasteiger charge is -2.04. The van der Waals surface area contributed by atoms with Crippen LogP contribution in [-0.4, -0.2) is 18.9 Å². The standard InChI is InChI=1S/C23H17FO4/c1-27-20-13-7-17(8-14-20)22(25)15-4-16-2-11-21(12-3-16)28-23(26)18-5-9-19(24)10-6-18/h2-15H,1H3. The van der Waals surface area contributed by atoms with Crippen LogP contribution in [0.4, 0.5) is 4.39 Å². The van der Waals surface area contributed by atoms with E-state index >= 15 is 0 Å². The zero-order valence-electron chi connectivity index (χ0n) is 15.1. The number of esters is 1. The van der Waals surface area contributed by atoms with E-state index in [1.165, 1.54) is 30.3 Å². The number of allylic oxidation sites excluding steroid dienone is 1. The molecule has 0 N–H and O–H groups in total. The molecule has 0 bridgehead atoms. The van der Waals surface area contributed by atoms with E-state index in [0.717, 1.165) is 5.56 Å². The maximum atomic E-state index is 12.9. The molecule has 0 aliphatic heterocycles. The summed E-state index contributed by atoms with van der Waals surface area (Å²) in [5, 5.41) is 0. The van der Waals surface area contributed by atoms with Crippen molar-refractivity contribution in [2.24, 2.45) is 0 Å². The van der Waals surface area contributed by atoms with Crippen molar-refractivity contribution < 1.29 is 23.5 Å².